The molecule has 1 aliphatic carbocycles. The van der Waals surface area contributed by atoms with E-state index >= 15 is 0 Å². The molecule has 7 heteroatoms. The van der Waals surface area contributed by atoms with Crippen LogP contribution in [0.25, 0.3) is 0 Å². The summed E-state index contributed by atoms with van der Waals surface area (Å²) in [4.78, 5) is 42.0. The fourth-order valence-corrected chi connectivity index (χ4v) is 4.20. The molecule has 1 aromatic rings. The summed E-state index contributed by atoms with van der Waals surface area (Å²) in [5.74, 6) is -0.646. The summed E-state index contributed by atoms with van der Waals surface area (Å²) in [7, 11) is 0. The molecule has 1 saturated carbocycles. The second kappa shape index (κ2) is 11.2. The highest BCUT2D eigenvalue weighted by Gasteiger charge is 2.43. The molecule has 2 rings (SSSR count). The first-order valence-corrected chi connectivity index (χ1v) is 12.4. The van der Waals surface area contributed by atoms with Crippen LogP contribution < -0.4 is 10.6 Å². The maximum atomic E-state index is 14.1. The number of aryl methyl sites for hydroxylation is 2. The van der Waals surface area contributed by atoms with Crippen molar-refractivity contribution in [3.05, 3.63) is 34.9 Å². The van der Waals surface area contributed by atoms with Gasteiger partial charge in [0.1, 0.15) is 17.7 Å². The smallest absolute Gasteiger partial charge is 0.408 e. The molecular weight excluding hydrogens is 430 g/mol. The van der Waals surface area contributed by atoms with E-state index in [9.17, 15) is 14.4 Å². The zero-order valence-electron chi connectivity index (χ0n) is 22.3. The van der Waals surface area contributed by atoms with Gasteiger partial charge in [0.15, 0.2) is 0 Å². The van der Waals surface area contributed by atoms with Crippen molar-refractivity contribution in [1.82, 2.24) is 15.5 Å². The van der Waals surface area contributed by atoms with Gasteiger partial charge in [-0.15, -0.1) is 0 Å². The third kappa shape index (κ3) is 7.21. The van der Waals surface area contributed by atoms with E-state index in [2.05, 4.69) is 10.6 Å². The molecule has 0 radical (unpaired) electrons. The molecule has 0 spiro atoms. The van der Waals surface area contributed by atoms with Gasteiger partial charge in [0.2, 0.25) is 11.8 Å². The van der Waals surface area contributed by atoms with Gasteiger partial charge in [0, 0.05) is 12.1 Å². The lowest BCUT2D eigenvalue weighted by molar-refractivity contribution is -0.148. The molecule has 0 aromatic heterocycles. The number of nitrogens with one attached hydrogen (secondary N) is 2. The molecule has 1 aliphatic rings. The highest BCUT2D eigenvalue weighted by atomic mass is 16.6. The summed E-state index contributed by atoms with van der Waals surface area (Å²) in [6.45, 7) is 16.9. The minimum atomic E-state index is -0.810. The molecule has 0 saturated heterocycles. The number of alkyl carbamates (subject to hydrolysis) is 1. The van der Waals surface area contributed by atoms with Crippen LogP contribution >= 0.6 is 0 Å². The first-order valence-electron chi connectivity index (χ1n) is 12.4. The van der Waals surface area contributed by atoms with E-state index in [4.69, 9.17) is 4.74 Å². The molecule has 0 aliphatic heterocycles. The second-order valence-electron chi connectivity index (χ2n) is 11.1. The van der Waals surface area contributed by atoms with Crippen LogP contribution in [-0.2, 0) is 14.3 Å². The standard InChI is InChI=1S/C27H43N3O4/c1-16(2)22(29-26(33)34-27(7,8)9)25(32)30(20-11-10-12-20)23(24(31)28-17(3)4)21-14-13-18(5)15-19(21)6/h13-17,20,22-23H,10-12H2,1-9H3,(H,28,31)(H,29,33). The van der Waals surface area contributed by atoms with E-state index < -0.39 is 23.8 Å². The molecule has 2 unspecified atom stereocenters. The third-order valence-corrected chi connectivity index (χ3v) is 6.00. The maximum Gasteiger partial charge on any atom is 0.408 e. The van der Waals surface area contributed by atoms with Gasteiger partial charge >= 0.3 is 6.09 Å². The van der Waals surface area contributed by atoms with Gasteiger partial charge in [-0.2, -0.15) is 0 Å². The van der Waals surface area contributed by atoms with Crippen molar-refractivity contribution in [2.75, 3.05) is 0 Å². The Bertz CT molecular complexity index is 884. The summed E-state index contributed by atoms with van der Waals surface area (Å²) in [6, 6.07) is 4.24. The van der Waals surface area contributed by atoms with E-state index in [-0.39, 0.29) is 29.8 Å². The number of carbonyl (C=O) groups is 3. The van der Waals surface area contributed by atoms with Crippen LogP contribution in [0.3, 0.4) is 0 Å². The van der Waals surface area contributed by atoms with Gasteiger partial charge in [-0.05, 0) is 84.8 Å². The number of carbonyl (C=O) groups excluding carboxylic acids is 3. The van der Waals surface area contributed by atoms with E-state index in [1.54, 1.807) is 25.7 Å². The summed E-state index contributed by atoms with van der Waals surface area (Å²) >= 11 is 0. The first kappa shape index (κ1) is 27.7. The molecular formula is C27H43N3O4. The average molecular weight is 474 g/mol. The lowest BCUT2D eigenvalue weighted by Crippen LogP contribution is -2.59. The van der Waals surface area contributed by atoms with Crippen molar-refractivity contribution < 1.29 is 19.1 Å². The van der Waals surface area contributed by atoms with E-state index in [0.29, 0.717) is 0 Å². The molecule has 0 bridgehead atoms. The van der Waals surface area contributed by atoms with Gasteiger partial charge in [0.05, 0.1) is 0 Å². The number of amides is 3. The van der Waals surface area contributed by atoms with Gasteiger partial charge in [-0.1, -0.05) is 37.6 Å². The van der Waals surface area contributed by atoms with Crippen molar-refractivity contribution in [2.45, 2.75) is 111 Å². The van der Waals surface area contributed by atoms with Crippen molar-refractivity contribution in [3.63, 3.8) is 0 Å². The molecule has 1 aromatic carbocycles. The quantitative estimate of drug-likeness (QED) is 0.568. The Kier molecular flexibility index (Phi) is 9.15. The van der Waals surface area contributed by atoms with Crippen LogP contribution in [0, 0.1) is 19.8 Å². The Morgan fingerprint density at radius 3 is 2.09 bits per heavy atom. The highest BCUT2D eigenvalue weighted by molar-refractivity contribution is 5.93. The van der Waals surface area contributed by atoms with Crippen LogP contribution in [0.15, 0.2) is 18.2 Å². The number of hydrogen-bond donors (Lipinski definition) is 2. The lowest BCUT2D eigenvalue weighted by Gasteiger charge is -2.44. The average Bonchev–Trinajstić information content (AvgIpc) is 2.62. The van der Waals surface area contributed by atoms with Crippen LogP contribution in [0.2, 0.25) is 0 Å². The second-order valence-corrected chi connectivity index (χ2v) is 11.1. The summed E-state index contributed by atoms with van der Waals surface area (Å²) < 4.78 is 5.43. The first-order chi connectivity index (χ1) is 15.7. The van der Waals surface area contributed by atoms with Gasteiger partial charge in [-0.3, -0.25) is 9.59 Å². The van der Waals surface area contributed by atoms with Crippen LogP contribution in [0.4, 0.5) is 4.79 Å². The van der Waals surface area contributed by atoms with Crippen LogP contribution in [0.1, 0.15) is 90.5 Å². The number of benzene rings is 1. The Hall–Kier alpha value is -2.57. The number of ether oxygens (including phenoxy) is 1. The fraction of sp³-hybridized carbons (Fsp3) is 0.667. The normalized spacial score (nSPS) is 16.0. The van der Waals surface area contributed by atoms with Crippen LogP contribution in [-0.4, -0.2) is 46.5 Å². The third-order valence-electron chi connectivity index (χ3n) is 6.00. The minimum absolute atomic E-state index is 0.0576. The Balaban J connectivity index is 2.51. The predicted octanol–water partition coefficient (Wildman–Crippen LogP) is 4.80. The Morgan fingerprint density at radius 1 is 1.03 bits per heavy atom. The molecule has 190 valence electrons. The largest absolute Gasteiger partial charge is 0.444 e. The fourth-order valence-electron chi connectivity index (χ4n) is 4.20. The molecule has 2 atom stereocenters. The van der Waals surface area contributed by atoms with E-state index in [0.717, 1.165) is 36.0 Å². The van der Waals surface area contributed by atoms with Gasteiger partial charge in [-0.25, -0.2) is 4.79 Å². The van der Waals surface area contributed by atoms with Crippen molar-refractivity contribution in [3.8, 4) is 0 Å². The summed E-state index contributed by atoms with van der Waals surface area (Å²) in [6.07, 6.45) is 2.03. The van der Waals surface area contributed by atoms with Crippen molar-refractivity contribution in [1.29, 1.82) is 0 Å². The predicted molar refractivity (Wildman–Crippen MR) is 134 cm³/mol. The monoisotopic (exact) mass is 473 g/mol. The lowest BCUT2D eigenvalue weighted by atomic mass is 9.86. The number of hydrogen-bond acceptors (Lipinski definition) is 4. The highest BCUT2D eigenvalue weighted by Crippen LogP contribution is 2.35. The van der Waals surface area contributed by atoms with Gasteiger partial charge < -0.3 is 20.3 Å². The Labute approximate surface area is 205 Å². The zero-order valence-corrected chi connectivity index (χ0v) is 22.3. The molecule has 1 fully saturated rings. The summed E-state index contributed by atoms with van der Waals surface area (Å²) in [5.41, 5.74) is 2.18. The van der Waals surface area contributed by atoms with Crippen molar-refractivity contribution in [2.24, 2.45) is 5.92 Å². The van der Waals surface area contributed by atoms with Crippen LogP contribution in [0.5, 0.6) is 0 Å². The van der Waals surface area contributed by atoms with E-state index in [1.807, 2.05) is 59.7 Å². The van der Waals surface area contributed by atoms with E-state index in [1.165, 1.54) is 0 Å². The Morgan fingerprint density at radius 2 is 1.65 bits per heavy atom. The molecule has 34 heavy (non-hydrogen) atoms. The van der Waals surface area contributed by atoms with Gasteiger partial charge in [0.25, 0.3) is 0 Å². The maximum absolute atomic E-state index is 14.1. The van der Waals surface area contributed by atoms with Crippen molar-refractivity contribution >= 4 is 17.9 Å². The molecule has 2 N–H and O–H groups in total. The topological polar surface area (TPSA) is 87.7 Å². The zero-order chi connectivity index (χ0) is 25.8. The number of rotatable bonds is 8. The summed E-state index contributed by atoms with van der Waals surface area (Å²) in [5, 5.41) is 5.80. The SMILES string of the molecule is Cc1ccc(C(C(=O)NC(C)C)N(C(=O)C(NC(=O)OC(C)(C)C)C(C)C)C2CCC2)c(C)c1. The number of nitrogens with zero attached hydrogens (tertiary/aromatic N) is 1. The minimum Gasteiger partial charge on any atom is -0.444 e. The molecule has 7 nitrogen and oxygen atoms in total. The molecule has 0 heterocycles. The molecule has 3 amide bonds.